The van der Waals surface area contributed by atoms with Gasteiger partial charge in [-0.2, -0.15) is 0 Å². The van der Waals surface area contributed by atoms with Crippen molar-refractivity contribution >= 4 is 23.5 Å². The zero-order chi connectivity index (χ0) is 22.1. The molecule has 158 valence electrons. The largest absolute Gasteiger partial charge is 0.462 e. The van der Waals surface area contributed by atoms with Crippen LogP contribution in [0, 0.1) is 0 Å². The fourth-order valence-electron chi connectivity index (χ4n) is 3.02. The average molecular weight is 416 g/mol. The Morgan fingerprint density at radius 3 is 2.03 bits per heavy atom. The number of ether oxygens (including phenoxy) is 1. The van der Waals surface area contributed by atoms with Crippen molar-refractivity contribution < 1.29 is 19.1 Å². The molecule has 0 saturated carbocycles. The molecule has 0 radical (unpaired) electrons. The summed E-state index contributed by atoms with van der Waals surface area (Å²) in [4.78, 5) is 37.4. The molecule has 3 aromatic carbocycles. The molecule has 0 spiro atoms. The number of anilines is 1. The van der Waals surface area contributed by atoms with Gasteiger partial charge in [-0.05, 0) is 48.9 Å². The molecule has 3 rings (SSSR count). The van der Waals surface area contributed by atoms with E-state index in [0.29, 0.717) is 29.8 Å². The lowest BCUT2D eigenvalue weighted by Crippen LogP contribution is -2.45. The highest BCUT2D eigenvalue weighted by Gasteiger charge is 2.22. The molecule has 3 aromatic rings. The molecule has 2 N–H and O–H groups in total. The van der Waals surface area contributed by atoms with Gasteiger partial charge in [-0.3, -0.25) is 9.59 Å². The molecule has 0 bridgehead atoms. The van der Waals surface area contributed by atoms with E-state index in [2.05, 4.69) is 10.6 Å². The minimum Gasteiger partial charge on any atom is -0.462 e. The lowest BCUT2D eigenvalue weighted by atomic mass is 10.0. The second-order valence-corrected chi connectivity index (χ2v) is 6.87. The van der Waals surface area contributed by atoms with Crippen LogP contribution in [0.5, 0.6) is 0 Å². The maximum atomic E-state index is 13.0. The molecule has 0 aliphatic heterocycles. The van der Waals surface area contributed by atoms with Crippen LogP contribution in [0.15, 0.2) is 84.9 Å². The molecule has 0 heterocycles. The summed E-state index contributed by atoms with van der Waals surface area (Å²) in [6.07, 6.45) is 0.339. The summed E-state index contributed by atoms with van der Waals surface area (Å²) in [7, 11) is 0. The maximum Gasteiger partial charge on any atom is 0.338 e. The summed E-state index contributed by atoms with van der Waals surface area (Å²) in [6.45, 7) is 2.03. The number of amides is 2. The number of carbonyl (C=O) groups excluding carboxylic acids is 3. The third-order valence-corrected chi connectivity index (χ3v) is 4.60. The number of hydrogen-bond acceptors (Lipinski definition) is 4. The summed E-state index contributed by atoms with van der Waals surface area (Å²) in [5.41, 5.74) is 2.32. The van der Waals surface area contributed by atoms with E-state index < -0.39 is 12.0 Å². The van der Waals surface area contributed by atoms with Crippen molar-refractivity contribution in [3.63, 3.8) is 0 Å². The topological polar surface area (TPSA) is 84.5 Å². The van der Waals surface area contributed by atoms with Crippen molar-refractivity contribution in [2.75, 3.05) is 11.9 Å². The van der Waals surface area contributed by atoms with Crippen LogP contribution >= 0.6 is 0 Å². The summed E-state index contributed by atoms with van der Waals surface area (Å²) in [5, 5.41) is 5.63. The molecule has 0 fully saturated rings. The quantitative estimate of drug-likeness (QED) is 0.547. The van der Waals surface area contributed by atoms with Gasteiger partial charge in [-0.15, -0.1) is 0 Å². The molecular weight excluding hydrogens is 392 g/mol. The number of hydrogen-bond donors (Lipinski definition) is 2. The van der Waals surface area contributed by atoms with E-state index in [0.717, 1.165) is 5.56 Å². The Morgan fingerprint density at radius 1 is 0.806 bits per heavy atom. The number of nitrogens with one attached hydrogen (secondary N) is 2. The van der Waals surface area contributed by atoms with Gasteiger partial charge in [-0.25, -0.2) is 4.79 Å². The van der Waals surface area contributed by atoms with Crippen molar-refractivity contribution in [1.82, 2.24) is 5.32 Å². The maximum absolute atomic E-state index is 13.0. The van der Waals surface area contributed by atoms with Crippen LogP contribution in [0.2, 0.25) is 0 Å². The first kappa shape index (κ1) is 21.8. The number of rotatable bonds is 8. The normalized spacial score (nSPS) is 11.3. The Kier molecular flexibility index (Phi) is 7.54. The van der Waals surface area contributed by atoms with E-state index in [-0.39, 0.29) is 11.8 Å². The van der Waals surface area contributed by atoms with Gasteiger partial charge in [0.05, 0.1) is 12.2 Å². The highest BCUT2D eigenvalue weighted by atomic mass is 16.5. The molecule has 31 heavy (non-hydrogen) atoms. The summed E-state index contributed by atoms with van der Waals surface area (Å²) in [5.74, 6) is -1.09. The zero-order valence-electron chi connectivity index (χ0n) is 17.2. The second kappa shape index (κ2) is 10.7. The predicted octanol–water partition coefficient (Wildman–Crippen LogP) is 3.84. The van der Waals surface area contributed by atoms with Crippen molar-refractivity contribution in [3.8, 4) is 0 Å². The molecule has 0 aliphatic rings. The molecule has 0 saturated heterocycles. The predicted molar refractivity (Wildman–Crippen MR) is 119 cm³/mol. The third kappa shape index (κ3) is 6.27. The summed E-state index contributed by atoms with van der Waals surface area (Å²) in [6, 6.07) is 23.9. The minimum atomic E-state index is -0.778. The van der Waals surface area contributed by atoms with Crippen LogP contribution < -0.4 is 10.6 Å². The van der Waals surface area contributed by atoms with Gasteiger partial charge in [-0.1, -0.05) is 48.5 Å². The van der Waals surface area contributed by atoms with Gasteiger partial charge in [0, 0.05) is 17.7 Å². The summed E-state index contributed by atoms with van der Waals surface area (Å²) >= 11 is 0. The van der Waals surface area contributed by atoms with E-state index >= 15 is 0 Å². The van der Waals surface area contributed by atoms with Crippen LogP contribution in [0.1, 0.15) is 33.2 Å². The Morgan fingerprint density at radius 2 is 1.42 bits per heavy atom. The highest BCUT2D eigenvalue weighted by Crippen LogP contribution is 2.13. The van der Waals surface area contributed by atoms with Gasteiger partial charge in [0.15, 0.2) is 0 Å². The molecule has 1 atom stereocenters. The Bertz CT molecular complexity index is 1020. The monoisotopic (exact) mass is 416 g/mol. The highest BCUT2D eigenvalue weighted by molar-refractivity contribution is 6.01. The standard InChI is InChI=1S/C25H24N2O4/c1-2-31-25(30)20-13-15-21(16-14-20)26-24(29)22(17-18-9-5-3-6-10-18)27-23(28)19-11-7-4-8-12-19/h3-16,22H,2,17H2,1H3,(H,26,29)(H,27,28). The van der Waals surface area contributed by atoms with E-state index in [1.54, 1.807) is 55.5 Å². The van der Waals surface area contributed by atoms with E-state index in [9.17, 15) is 14.4 Å². The Labute approximate surface area is 181 Å². The van der Waals surface area contributed by atoms with E-state index in [4.69, 9.17) is 4.74 Å². The van der Waals surface area contributed by atoms with Crippen molar-refractivity contribution in [2.24, 2.45) is 0 Å². The van der Waals surface area contributed by atoms with Crippen LogP contribution in [0.25, 0.3) is 0 Å². The molecule has 0 aliphatic carbocycles. The van der Waals surface area contributed by atoms with Crippen molar-refractivity contribution in [2.45, 2.75) is 19.4 Å². The molecule has 6 heteroatoms. The number of carbonyl (C=O) groups is 3. The fraction of sp³-hybridized carbons (Fsp3) is 0.160. The average Bonchev–Trinajstić information content (AvgIpc) is 2.80. The first-order chi connectivity index (χ1) is 15.1. The van der Waals surface area contributed by atoms with Crippen LogP contribution in [0.4, 0.5) is 5.69 Å². The molecule has 0 aromatic heterocycles. The third-order valence-electron chi connectivity index (χ3n) is 4.60. The van der Waals surface area contributed by atoms with Gasteiger partial charge >= 0.3 is 5.97 Å². The van der Waals surface area contributed by atoms with Crippen LogP contribution in [-0.4, -0.2) is 30.4 Å². The second-order valence-electron chi connectivity index (χ2n) is 6.87. The molecule has 1 unspecified atom stereocenters. The Hall–Kier alpha value is -3.93. The molecule has 2 amide bonds. The fourth-order valence-corrected chi connectivity index (χ4v) is 3.02. The van der Waals surface area contributed by atoms with Crippen molar-refractivity contribution in [1.29, 1.82) is 0 Å². The van der Waals surface area contributed by atoms with Gasteiger partial charge < -0.3 is 15.4 Å². The Balaban J connectivity index is 1.73. The number of benzene rings is 3. The first-order valence-electron chi connectivity index (χ1n) is 10.0. The molecular formula is C25H24N2O4. The first-order valence-corrected chi connectivity index (χ1v) is 10.0. The van der Waals surface area contributed by atoms with Gasteiger partial charge in [0.1, 0.15) is 6.04 Å². The van der Waals surface area contributed by atoms with E-state index in [1.807, 2.05) is 36.4 Å². The summed E-state index contributed by atoms with van der Waals surface area (Å²) < 4.78 is 4.97. The zero-order valence-corrected chi connectivity index (χ0v) is 17.2. The van der Waals surface area contributed by atoms with Gasteiger partial charge in [0.2, 0.25) is 5.91 Å². The number of esters is 1. The lowest BCUT2D eigenvalue weighted by molar-refractivity contribution is -0.118. The lowest BCUT2D eigenvalue weighted by Gasteiger charge is -2.19. The molecule has 6 nitrogen and oxygen atoms in total. The van der Waals surface area contributed by atoms with Gasteiger partial charge in [0.25, 0.3) is 5.91 Å². The van der Waals surface area contributed by atoms with Crippen molar-refractivity contribution in [3.05, 3.63) is 102 Å². The smallest absolute Gasteiger partial charge is 0.338 e. The van der Waals surface area contributed by atoms with E-state index in [1.165, 1.54) is 0 Å². The minimum absolute atomic E-state index is 0.291. The van der Waals surface area contributed by atoms with Crippen LogP contribution in [0.3, 0.4) is 0 Å². The van der Waals surface area contributed by atoms with Crippen LogP contribution in [-0.2, 0) is 16.0 Å². The SMILES string of the molecule is CCOC(=O)c1ccc(NC(=O)C(Cc2ccccc2)NC(=O)c2ccccc2)cc1.